The molecule has 1 heterocycles. The Morgan fingerprint density at radius 2 is 2.05 bits per heavy atom. The summed E-state index contributed by atoms with van der Waals surface area (Å²) in [4.78, 5) is 25.1. The van der Waals surface area contributed by atoms with Crippen molar-refractivity contribution < 1.29 is 14.7 Å². The van der Waals surface area contributed by atoms with Gasteiger partial charge in [-0.15, -0.1) is 11.8 Å². The number of rotatable bonds is 3. The van der Waals surface area contributed by atoms with E-state index in [1.165, 1.54) is 23.1 Å². The van der Waals surface area contributed by atoms with Crippen molar-refractivity contribution in [3.05, 3.63) is 0 Å². The lowest BCUT2D eigenvalue weighted by molar-refractivity contribution is -0.141. The smallest absolute Gasteiger partial charge is 0.327 e. The quantitative estimate of drug-likeness (QED) is 0.835. The zero-order valence-electron chi connectivity index (χ0n) is 11.9. The average Bonchev–Trinajstić information content (AvgIpc) is 2.81. The highest BCUT2D eigenvalue weighted by Gasteiger charge is 2.40. The molecule has 4 unspecified atom stereocenters. The number of aliphatic carboxylic acids is 1. The zero-order valence-corrected chi connectivity index (χ0v) is 13.5. The molecule has 2 amide bonds. The second-order valence-electron chi connectivity index (χ2n) is 5.31. The number of urea groups is 1. The number of hydrogen-bond donors (Lipinski definition) is 2. The Kier molecular flexibility index (Phi) is 5.49. The highest BCUT2D eigenvalue weighted by atomic mass is 32.2. The van der Waals surface area contributed by atoms with Crippen LogP contribution in [0, 0.1) is 0 Å². The lowest BCUT2D eigenvalue weighted by Crippen LogP contribution is -2.54. The number of hydrogen-bond acceptors (Lipinski definition) is 4. The van der Waals surface area contributed by atoms with Gasteiger partial charge in [0.25, 0.3) is 0 Å². The fourth-order valence-corrected chi connectivity index (χ4v) is 5.02. The van der Waals surface area contributed by atoms with Gasteiger partial charge in [0.15, 0.2) is 0 Å². The van der Waals surface area contributed by atoms with Crippen molar-refractivity contribution in [3.63, 3.8) is 0 Å². The first-order valence-corrected chi connectivity index (χ1v) is 9.34. The summed E-state index contributed by atoms with van der Waals surface area (Å²) in [5.74, 6) is -0.442. The van der Waals surface area contributed by atoms with Gasteiger partial charge in [0.05, 0.1) is 5.37 Å². The summed E-state index contributed by atoms with van der Waals surface area (Å²) in [6.07, 6.45) is 6.53. The predicted octanol–water partition coefficient (Wildman–Crippen LogP) is 2.22. The number of thioether (sulfide) groups is 2. The minimum atomic E-state index is -0.915. The van der Waals surface area contributed by atoms with Gasteiger partial charge in [0.2, 0.25) is 0 Å². The van der Waals surface area contributed by atoms with Crippen molar-refractivity contribution in [1.29, 1.82) is 0 Å². The number of carbonyl (C=O) groups excluding carboxylic acids is 1. The number of amides is 2. The van der Waals surface area contributed by atoms with Gasteiger partial charge in [-0.05, 0) is 26.0 Å². The van der Waals surface area contributed by atoms with E-state index in [-0.39, 0.29) is 17.4 Å². The first-order chi connectivity index (χ1) is 9.54. The van der Waals surface area contributed by atoms with E-state index in [0.717, 1.165) is 19.3 Å². The summed E-state index contributed by atoms with van der Waals surface area (Å²) in [6, 6.07) is -0.759. The molecule has 0 aromatic rings. The van der Waals surface area contributed by atoms with E-state index < -0.39 is 12.0 Å². The predicted molar refractivity (Wildman–Crippen MR) is 83.3 cm³/mol. The van der Waals surface area contributed by atoms with Crippen LogP contribution in [0.15, 0.2) is 0 Å². The molecule has 4 atom stereocenters. The van der Waals surface area contributed by atoms with E-state index >= 15 is 0 Å². The van der Waals surface area contributed by atoms with Gasteiger partial charge in [-0.3, -0.25) is 4.90 Å². The molecule has 0 spiro atoms. The minimum Gasteiger partial charge on any atom is -0.480 e. The molecule has 1 saturated carbocycles. The summed E-state index contributed by atoms with van der Waals surface area (Å²) >= 11 is 3.31. The summed E-state index contributed by atoms with van der Waals surface area (Å²) in [5.41, 5.74) is 0. The van der Waals surface area contributed by atoms with Crippen LogP contribution in [0.3, 0.4) is 0 Å². The van der Waals surface area contributed by atoms with Crippen LogP contribution in [0.1, 0.15) is 32.6 Å². The van der Waals surface area contributed by atoms with Crippen LogP contribution < -0.4 is 5.32 Å². The van der Waals surface area contributed by atoms with E-state index in [0.29, 0.717) is 11.0 Å². The van der Waals surface area contributed by atoms with Gasteiger partial charge in [-0.2, -0.15) is 11.8 Å². The first kappa shape index (κ1) is 15.8. The fraction of sp³-hybridized carbons (Fsp3) is 0.846. The lowest BCUT2D eigenvalue weighted by atomic mass is 9.95. The third-order valence-corrected chi connectivity index (χ3v) is 6.44. The maximum Gasteiger partial charge on any atom is 0.327 e. The summed E-state index contributed by atoms with van der Waals surface area (Å²) < 4.78 is 0. The maximum absolute atomic E-state index is 12.4. The van der Waals surface area contributed by atoms with E-state index in [4.69, 9.17) is 0 Å². The topological polar surface area (TPSA) is 69.6 Å². The third kappa shape index (κ3) is 3.36. The number of carbonyl (C=O) groups is 2. The molecule has 0 aromatic heterocycles. The van der Waals surface area contributed by atoms with Gasteiger partial charge < -0.3 is 10.4 Å². The molecule has 2 aliphatic rings. The van der Waals surface area contributed by atoms with Crippen LogP contribution in [0.2, 0.25) is 0 Å². The van der Waals surface area contributed by atoms with Crippen LogP contribution in [-0.2, 0) is 4.79 Å². The van der Waals surface area contributed by atoms with E-state index in [9.17, 15) is 14.7 Å². The van der Waals surface area contributed by atoms with Crippen molar-refractivity contribution in [2.75, 3.05) is 12.0 Å². The first-order valence-electron chi connectivity index (χ1n) is 7.00. The molecule has 1 aliphatic heterocycles. The second-order valence-corrected chi connectivity index (χ2v) is 7.73. The Hall–Kier alpha value is -0.560. The fourth-order valence-electron chi connectivity index (χ4n) is 2.92. The molecule has 0 bridgehead atoms. The zero-order chi connectivity index (χ0) is 14.7. The lowest BCUT2D eigenvalue weighted by Gasteiger charge is -2.34. The van der Waals surface area contributed by atoms with Crippen LogP contribution >= 0.6 is 23.5 Å². The van der Waals surface area contributed by atoms with Gasteiger partial charge in [0.1, 0.15) is 6.04 Å². The molecule has 2 rings (SSSR count). The van der Waals surface area contributed by atoms with E-state index in [2.05, 4.69) is 11.6 Å². The van der Waals surface area contributed by atoms with E-state index in [1.807, 2.05) is 6.92 Å². The van der Waals surface area contributed by atoms with Crippen molar-refractivity contribution >= 4 is 35.5 Å². The van der Waals surface area contributed by atoms with Crippen molar-refractivity contribution in [2.24, 2.45) is 0 Å². The van der Waals surface area contributed by atoms with Crippen LogP contribution in [-0.4, -0.2) is 56.7 Å². The number of carboxylic acids is 1. The largest absolute Gasteiger partial charge is 0.480 e. The van der Waals surface area contributed by atoms with Gasteiger partial charge in [-0.1, -0.05) is 12.8 Å². The van der Waals surface area contributed by atoms with Crippen molar-refractivity contribution in [3.8, 4) is 0 Å². The van der Waals surface area contributed by atoms with Crippen LogP contribution in [0.5, 0.6) is 0 Å². The summed E-state index contributed by atoms with van der Waals surface area (Å²) in [6.45, 7) is 1.89. The Morgan fingerprint density at radius 3 is 2.70 bits per heavy atom. The maximum atomic E-state index is 12.4. The van der Waals surface area contributed by atoms with Gasteiger partial charge in [-0.25, -0.2) is 9.59 Å². The number of nitrogens with zero attached hydrogens (tertiary/aromatic N) is 1. The van der Waals surface area contributed by atoms with Crippen LogP contribution in [0.25, 0.3) is 0 Å². The molecule has 0 aromatic carbocycles. The highest BCUT2D eigenvalue weighted by Crippen LogP contribution is 2.31. The molecular weight excluding hydrogens is 296 g/mol. The van der Waals surface area contributed by atoms with Crippen LogP contribution in [0.4, 0.5) is 4.79 Å². The monoisotopic (exact) mass is 318 g/mol. The SMILES string of the molecule is CSC1CCCCC1NC(=O)N1C(C)SCC1C(=O)O. The molecule has 7 heteroatoms. The Bertz CT molecular complexity index is 381. The molecule has 20 heavy (non-hydrogen) atoms. The van der Waals surface area contributed by atoms with Gasteiger partial charge >= 0.3 is 12.0 Å². The number of carboxylic acid groups (broad SMARTS) is 1. The highest BCUT2D eigenvalue weighted by molar-refractivity contribution is 8.00. The Labute approximate surface area is 128 Å². The Balaban J connectivity index is 2.00. The average molecular weight is 318 g/mol. The summed E-state index contributed by atoms with van der Waals surface area (Å²) in [5, 5.41) is 12.7. The molecule has 1 saturated heterocycles. The molecule has 2 N–H and O–H groups in total. The molecular formula is C13H22N2O3S2. The number of nitrogens with one attached hydrogen (secondary N) is 1. The summed E-state index contributed by atoms with van der Waals surface area (Å²) in [7, 11) is 0. The third-order valence-electron chi connectivity index (χ3n) is 4.06. The molecule has 114 valence electrons. The normalized spacial score (nSPS) is 34.0. The van der Waals surface area contributed by atoms with Crippen molar-refractivity contribution in [1.82, 2.24) is 10.2 Å². The molecule has 2 fully saturated rings. The molecule has 0 radical (unpaired) electrons. The van der Waals surface area contributed by atoms with E-state index in [1.54, 1.807) is 11.8 Å². The molecule has 1 aliphatic carbocycles. The molecule has 5 nitrogen and oxygen atoms in total. The minimum absolute atomic E-state index is 0.0765. The Morgan fingerprint density at radius 1 is 1.35 bits per heavy atom. The van der Waals surface area contributed by atoms with Crippen molar-refractivity contribution in [2.45, 2.75) is 55.3 Å². The van der Waals surface area contributed by atoms with Gasteiger partial charge in [0, 0.05) is 17.0 Å². The standard InChI is InChI=1S/C13H22N2O3S2/c1-8-15(10(7-20-8)12(16)17)13(18)14-9-5-3-4-6-11(9)19-2/h8-11H,3-7H2,1-2H3,(H,14,18)(H,16,17). The second kappa shape index (κ2) is 6.93.